The van der Waals surface area contributed by atoms with Crippen LogP contribution in [-0.4, -0.2) is 38.5 Å². The summed E-state index contributed by atoms with van der Waals surface area (Å²) in [6.45, 7) is 2.62. The molecule has 0 aliphatic carbocycles. The van der Waals surface area contributed by atoms with Crippen LogP contribution in [0.15, 0.2) is 30.5 Å². The van der Waals surface area contributed by atoms with E-state index in [0.29, 0.717) is 19.8 Å². The summed E-state index contributed by atoms with van der Waals surface area (Å²) in [5.41, 5.74) is 8.41. The van der Waals surface area contributed by atoms with Gasteiger partial charge in [0.2, 0.25) is 0 Å². The van der Waals surface area contributed by atoms with Gasteiger partial charge in [0, 0.05) is 36.6 Å². The van der Waals surface area contributed by atoms with Crippen LogP contribution in [0, 0.1) is 0 Å². The Morgan fingerprint density at radius 2 is 2.11 bits per heavy atom. The highest BCUT2D eigenvalue weighted by molar-refractivity contribution is 5.92. The molecule has 19 heavy (non-hydrogen) atoms. The van der Waals surface area contributed by atoms with Gasteiger partial charge in [-0.05, 0) is 24.3 Å². The molecular formula is C14H19N3O2. The van der Waals surface area contributed by atoms with Crippen LogP contribution in [0.2, 0.25) is 0 Å². The van der Waals surface area contributed by atoms with Crippen LogP contribution >= 0.6 is 0 Å². The Labute approximate surface area is 112 Å². The molecule has 0 amide bonds. The number of fused-ring (bicyclic) bond motifs is 1. The molecule has 2 rings (SSSR count). The molecule has 0 aliphatic heterocycles. The van der Waals surface area contributed by atoms with Gasteiger partial charge in [-0.3, -0.25) is 4.98 Å². The Morgan fingerprint density at radius 1 is 1.21 bits per heavy atom. The number of nitrogens with zero attached hydrogens (tertiary/aromatic N) is 1. The molecule has 1 aromatic heterocycles. The summed E-state index contributed by atoms with van der Waals surface area (Å²) in [7, 11) is 1.66. The van der Waals surface area contributed by atoms with E-state index in [0.717, 1.165) is 28.8 Å². The SMILES string of the molecule is COCCOCCNc1ccnc2cc(N)ccc12. The van der Waals surface area contributed by atoms with Crippen molar-refractivity contribution in [2.45, 2.75) is 0 Å². The molecule has 0 saturated carbocycles. The molecule has 2 aromatic rings. The largest absolute Gasteiger partial charge is 0.399 e. The van der Waals surface area contributed by atoms with E-state index in [2.05, 4.69) is 10.3 Å². The predicted octanol–water partition coefficient (Wildman–Crippen LogP) is 1.89. The highest BCUT2D eigenvalue weighted by Gasteiger charge is 2.01. The fourth-order valence-corrected chi connectivity index (χ4v) is 1.82. The van der Waals surface area contributed by atoms with Gasteiger partial charge < -0.3 is 20.5 Å². The molecule has 0 saturated heterocycles. The van der Waals surface area contributed by atoms with Crippen molar-refractivity contribution in [2.75, 3.05) is 44.5 Å². The Balaban J connectivity index is 1.93. The summed E-state index contributed by atoms with van der Waals surface area (Å²) in [5.74, 6) is 0. The maximum Gasteiger partial charge on any atom is 0.0743 e. The van der Waals surface area contributed by atoms with Gasteiger partial charge >= 0.3 is 0 Å². The Hall–Kier alpha value is -1.85. The Bertz CT molecular complexity index is 531. The number of hydrogen-bond acceptors (Lipinski definition) is 5. The zero-order valence-corrected chi connectivity index (χ0v) is 11.1. The number of anilines is 2. The highest BCUT2D eigenvalue weighted by atomic mass is 16.5. The van der Waals surface area contributed by atoms with E-state index in [-0.39, 0.29) is 0 Å². The Morgan fingerprint density at radius 3 is 2.95 bits per heavy atom. The summed E-state index contributed by atoms with van der Waals surface area (Å²) in [6, 6.07) is 7.68. The highest BCUT2D eigenvalue weighted by Crippen LogP contribution is 2.22. The number of nitrogens with two attached hydrogens (primary N) is 1. The summed E-state index contributed by atoms with van der Waals surface area (Å²) in [5, 5.41) is 4.40. The van der Waals surface area contributed by atoms with E-state index >= 15 is 0 Å². The van der Waals surface area contributed by atoms with Crippen molar-refractivity contribution in [3.63, 3.8) is 0 Å². The molecule has 102 valence electrons. The molecule has 0 unspecified atom stereocenters. The molecule has 0 bridgehead atoms. The lowest BCUT2D eigenvalue weighted by Crippen LogP contribution is -2.12. The lowest BCUT2D eigenvalue weighted by atomic mass is 10.1. The normalized spacial score (nSPS) is 10.8. The minimum atomic E-state index is 0.617. The molecule has 0 aliphatic rings. The van der Waals surface area contributed by atoms with Gasteiger partial charge in [0.05, 0.1) is 25.3 Å². The lowest BCUT2D eigenvalue weighted by Gasteiger charge is -2.10. The molecular weight excluding hydrogens is 242 g/mol. The third kappa shape index (κ3) is 3.81. The van der Waals surface area contributed by atoms with Crippen LogP contribution < -0.4 is 11.1 Å². The maximum absolute atomic E-state index is 5.75. The number of nitrogen functional groups attached to an aromatic ring is 1. The zero-order valence-electron chi connectivity index (χ0n) is 11.1. The quantitative estimate of drug-likeness (QED) is 0.588. The first-order valence-electron chi connectivity index (χ1n) is 6.26. The van der Waals surface area contributed by atoms with E-state index < -0.39 is 0 Å². The van der Waals surface area contributed by atoms with Crippen LogP contribution in [0.5, 0.6) is 0 Å². The first-order valence-corrected chi connectivity index (χ1v) is 6.26. The van der Waals surface area contributed by atoms with Gasteiger partial charge in [0.1, 0.15) is 0 Å². The van der Waals surface area contributed by atoms with Crippen LogP contribution in [0.4, 0.5) is 11.4 Å². The molecule has 5 heteroatoms. The Kier molecular flexibility index (Phi) is 4.94. The number of methoxy groups -OCH3 is 1. The van der Waals surface area contributed by atoms with Crippen LogP contribution in [0.25, 0.3) is 10.9 Å². The van der Waals surface area contributed by atoms with Gasteiger partial charge in [0.15, 0.2) is 0 Å². The second-order valence-electron chi connectivity index (χ2n) is 4.17. The topological polar surface area (TPSA) is 69.4 Å². The first-order chi connectivity index (χ1) is 9.31. The number of rotatable bonds is 7. The van der Waals surface area contributed by atoms with Crippen molar-refractivity contribution in [1.29, 1.82) is 0 Å². The number of ether oxygens (including phenoxy) is 2. The van der Waals surface area contributed by atoms with E-state index in [1.807, 2.05) is 24.3 Å². The number of benzene rings is 1. The van der Waals surface area contributed by atoms with Crippen molar-refractivity contribution in [3.05, 3.63) is 30.5 Å². The van der Waals surface area contributed by atoms with Crippen molar-refractivity contribution in [1.82, 2.24) is 4.98 Å². The smallest absolute Gasteiger partial charge is 0.0743 e. The third-order valence-electron chi connectivity index (χ3n) is 2.76. The monoisotopic (exact) mass is 261 g/mol. The number of pyridine rings is 1. The lowest BCUT2D eigenvalue weighted by molar-refractivity contribution is 0.0759. The second kappa shape index (κ2) is 6.92. The van der Waals surface area contributed by atoms with Crippen molar-refractivity contribution < 1.29 is 9.47 Å². The number of hydrogen-bond donors (Lipinski definition) is 2. The molecule has 0 radical (unpaired) electrons. The number of nitrogens with one attached hydrogen (secondary N) is 1. The van der Waals surface area contributed by atoms with E-state index in [9.17, 15) is 0 Å². The molecule has 0 atom stereocenters. The van der Waals surface area contributed by atoms with Crippen LogP contribution in [0.1, 0.15) is 0 Å². The summed E-state index contributed by atoms with van der Waals surface area (Å²) >= 11 is 0. The fraction of sp³-hybridized carbons (Fsp3) is 0.357. The predicted molar refractivity (Wildman–Crippen MR) is 77.3 cm³/mol. The van der Waals surface area contributed by atoms with Crippen LogP contribution in [-0.2, 0) is 9.47 Å². The standard InChI is InChI=1S/C14H19N3O2/c1-18-8-9-19-7-6-17-13-4-5-16-14-10-11(15)2-3-12(13)14/h2-5,10H,6-9,15H2,1H3,(H,16,17). The number of aromatic nitrogens is 1. The van der Waals surface area contributed by atoms with Gasteiger partial charge in [-0.2, -0.15) is 0 Å². The van der Waals surface area contributed by atoms with Gasteiger partial charge in [0.25, 0.3) is 0 Å². The summed E-state index contributed by atoms with van der Waals surface area (Å²) < 4.78 is 10.3. The van der Waals surface area contributed by atoms with E-state index in [1.54, 1.807) is 13.3 Å². The summed E-state index contributed by atoms with van der Waals surface area (Å²) in [6.07, 6.45) is 1.77. The minimum Gasteiger partial charge on any atom is -0.399 e. The van der Waals surface area contributed by atoms with Crippen molar-refractivity contribution in [2.24, 2.45) is 0 Å². The molecule has 0 fully saturated rings. The van der Waals surface area contributed by atoms with Crippen LogP contribution in [0.3, 0.4) is 0 Å². The molecule has 0 spiro atoms. The maximum atomic E-state index is 5.75. The van der Waals surface area contributed by atoms with E-state index in [4.69, 9.17) is 15.2 Å². The zero-order chi connectivity index (χ0) is 13.5. The second-order valence-corrected chi connectivity index (χ2v) is 4.17. The molecule has 3 N–H and O–H groups in total. The molecule has 5 nitrogen and oxygen atoms in total. The van der Waals surface area contributed by atoms with E-state index in [1.165, 1.54) is 0 Å². The summed E-state index contributed by atoms with van der Waals surface area (Å²) in [4.78, 5) is 4.30. The average Bonchev–Trinajstić information content (AvgIpc) is 2.42. The molecule has 1 heterocycles. The van der Waals surface area contributed by atoms with Gasteiger partial charge in [-0.25, -0.2) is 0 Å². The van der Waals surface area contributed by atoms with Gasteiger partial charge in [-0.15, -0.1) is 0 Å². The minimum absolute atomic E-state index is 0.617. The van der Waals surface area contributed by atoms with Crippen molar-refractivity contribution in [3.8, 4) is 0 Å². The average molecular weight is 261 g/mol. The third-order valence-corrected chi connectivity index (χ3v) is 2.76. The van der Waals surface area contributed by atoms with Gasteiger partial charge in [-0.1, -0.05) is 0 Å². The first kappa shape index (κ1) is 13.6. The van der Waals surface area contributed by atoms with Crippen molar-refractivity contribution >= 4 is 22.3 Å². The fourth-order valence-electron chi connectivity index (χ4n) is 1.82. The molecule has 1 aromatic carbocycles.